The molecule has 0 radical (unpaired) electrons. The summed E-state index contributed by atoms with van der Waals surface area (Å²) in [5.41, 5.74) is 0.469. The molecule has 2 N–H and O–H groups in total. The molecular weight excluding hydrogens is 370 g/mol. The van der Waals surface area contributed by atoms with E-state index < -0.39 is 0 Å². The first-order valence-electron chi connectivity index (χ1n) is 10.5. The van der Waals surface area contributed by atoms with Crippen molar-refractivity contribution in [3.63, 3.8) is 0 Å². The third kappa shape index (κ3) is 5.85. The summed E-state index contributed by atoms with van der Waals surface area (Å²) in [5, 5.41) is 9.78. The average molecular weight is 402 g/mol. The second kappa shape index (κ2) is 10.7. The van der Waals surface area contributed by atoms with Crippen molar-refractivity contribution in [2.75, 3.05) is 37.0 Å². The minimum absolute atomic E-state index is 0.279. The fourth-order valence-electron chi connectivity index (χ4n) is 3.36. The Balaban J connectivity index is 1.58. The van der Waals surface area contributed by atoms with Gasteiger partial charge in [0.25, 0.3) is 5.91 Å². The van der Waals surface area contributed by atoms with Crippen LogP contribution in [0.25, 0.3) is 0 Å². The molecule has 0 saturated carbocycles. The van der Waals surface area contributed by atoms with Gasteiger partial charge in [0, 0.05) is 18.7 Å². The Labute approximate surface area is 172 Å². The number of carbonyl (C=O) groups is 1. The highest BCUT2D eigenvalue weighted by Gasteiger charge is 2.17. The Bertz CT molecular complexity index is 786. The van der Waals surface area contributed by atoms with E-state index in [4.69, 9.17) is 9.47 Å². The van der Waals surface area contributed by atoms with E-state index in [-0.39, 0.29) is 5.91 Å². The fraction of sp³-hybridized carbons (Fsp3) is 0.571. The van der Waals surface area contributed by atoms with Crippen molar-refractivity contribution >= 4 is 17.8 Å². The van der Waals surface area contributed by atoms with Crippen LogP contribution < -0.4 is 19.7 Å². The predicted octanol–water partition coefficient (Wildman–Crippen LogP) is 4.02. The molecule has 1 saturated heterocycles. The van der Waals surface area contributed by atoms with E-state index in [0.29, 0.717) is 35.6 Å². The summed E-state index contributed by atoms with van der Waals surface area (Å²) in [6.45, 7) is 4.71. The number of carbonyl (C=O) groups excluding carboxylic acids is 1. The lowest BCUT2D eigenvalue weighted by molar-refractivity contribution is 0.102. The summed E-state index contributed by atoms with van der Waals surface area (Å²) in [6, 6.07) is 5.17. The number of hydrogen-bond donors (Lipinski definition) is 2. The highest BCUT2D eigenvalue weighted by molar-refractivity contribution is 6.03. The van der Waals surface area contributed by atoms with Crippen LogP contribution in [0.5, 0.6) is 11.5 Å². The van der Waals surface area contributed by atoms with Crippen molar-refractivity contribution in [3.05, 3.63) is 23.8 Å². The zero-order valence-corrected chi connectivity index (χ0v) is 17.4. The lowest BCUT2D eigenvalue weighted by Gasteiger charge is -2.24. The molecule has 0 spiro atoms. The van der Waals surface area contributed by atoms with Crippen molar-refractivity contribution < 1.29 is 14.3 Å². The normalized spacial score (nSPS) is 13.9. The van der Waals surface area contributed by atoms with Crippen molar-refractivity contribution in [1.29, 1.82) is 0 Å². The van der Waals surface area contributed by atoms with E-state index in [9.17, 15) is 4.79 Å². The van der Waals surface area contributed by atoms with Crippen LogP contribution in [-0.2, 0) is 0 Å². The van der Waals surface area contributed by atoms with Gasteiger partial charge in [0.05, 0.1) is 13.7 Å². The van der Waals surface area contributed by atoms with Crippen molar-refractivity contribution in [3.8, 4) is 11.5 Å². The van der Waals surface area contributed by atoms with Gasteiger partial charge in [0.2, 0.25) is 11.9 Å². The minimum Gasteiger partial charge on any atom is -0.493 e. The summed E-state index contributed by atoms with van der Waals surface area (Å²) < 4.78 is 11.2. The molecule has 0 atom stereocenters. The van der Waals surface area contributed by atoms with E-state index in [0.717, 1.165) is 38.8 Å². The number of H-pyrrole nitrogens is 1. The number of methoxy groups -OCH3 is 1. The second-order valence-corrected chi connectivity index (χ2v) is 7.26. The third-order valence-corrected chi connectivity index (χ3v) is 5.03. The van der Waals surface area contributed by atoms with Gasteiger partial charge in [-0.05, 0) is 43.9 Å². The van der Waals surface area contributed by atoms with Gasteiger partial charge < -0.3 is 14.4 Å². The van der Waals surface area contributed by atoms with Gasteiger partial charge in [-0.2, -0.15) is 4.98 Å². The molecule has 0 unspecified atom stereocenters. The van der Waals surface area contributed by atoms with Crippen LogP contribution in [0.2, 0.25) is 0 Å². The van der Waals surface area contributed by atoms with Gasteiger partial charge in [-0.25, -0.2) is 5.10 Å². The average Bonchev–Trinajstić information content (AvgIpc) is 3.22. The molecule has 1 aromatic carbocycles. The fourth-order valence-corrected chi connectivity index (χ4v) is 3.36. The zero-order chi connectivity index (χ0) is 20.5. The number of benzene rings is 1. The van der Waals surface area contributed by atoms with Gasteiger partial charge in [-0.15, -0.1) is 5.10 Å². The number of rotatable bonds is 10. The van der Waals surface area contributed by atoms with Crippen LogP contribution in [0.4, 0.5) is 11.9 Å². The molecule has 0 aliphatic carbocycles. The molecule has 1 aliphatic heterocycles. The highest BCUT2D eigenvalue weighted by Crippen LogP contribution is 2.28. The summed E-state index contributed by atoms with van der Waals surface area (Å²) in [7, 11) is 1.57. The molecule has 1 fully saturated rings. The molecule has 2 aromatic rings. The van der Waals surface area contributed by atoms with Crippen LogP contribution in [0.1, 0.15) is 62.2 Å². The Morgan fingerprint density at radius 2 is 2.00 bits per heavy atom. The smallest absolute Gasteiger partial charge is 0.258 e. The van der Waals surface area contributed by atoms with E-state index in [1.807, 2.05) is 0 Å². The molecule has 8 nitrogen and oxygen atoms in total. The Morgan fingerprint density at radius 3 is 2.76 bits per heavy atom. The van der Waals surface area contributed by atoms with Gasteiger partial charge >= 0.3 is 0 Å². The Hall–Kier alpha value is -2.77. The van der Waals surface area contributed by atoms with Gasteiger partial charge in [-0.3, -0.25) is 10.1 Å². The molecule has 1 amide bonds. The van der Waals surface area contributed by atoms with Crippen LogP contribution in [0.3, 0.4) is 0 Å². The first-order valence-corrected chi connectivity index (χ1v) is 10.5. The summed E-state index contributed by atoms with van der Waals surface area (Å²) in [6.07, 6.45) is 8.08. The lowest BCUT2D eigenvalue weighted by atomic mass is 10.1. The summed E-state index contributed by atoms with van der Waals surface area (Å²) in [5.74, 6) is 1.88. The Morgan fingerprint density at radius 1 is 1.17 bits per heavy atom. The topological polar surface area (TPSA) is 92.4 Å². The molecule has 2 heterocycles. The standard InChI is InChI=1S/C21H31N5O3/c1-3-4-5-9-14-29-17-11-10-16(15-18(17)28-2)19(27)22-20-23-21(25-24-20)26-12-7-6-8-13-26/h10-11,15H,3-9,12-14H2,1-2H3,(H2,22,23,24,25,27). The molecule has 1 aliphatic rings. The van der Waals surface area contributed by atoms with Crippen LogP contribution >= 0.6 is 0 Å². The highest BCUT2D eigenvalue weighted by atomic mass is 16.5. The minimum atomic E-state index is -0.279. The molecule has 1 aromatic heterocycles. The number of anilines is 2. The monoisotopic (exact) mass is 401 g/mol. The number of piperidine rings is 1. The molecule has 29 heavy (non-hydrogen) atoms. The van der Waals surface area contributed by atoms with Crippen molar-refractivity contribution in [2.24, 2.45) is 0 Å². The van der Waals surface area contributed by atoms with Crippen molar-refractivity contribution in [1.82, 2.24) is 15.2 Å². The van der Waals surface area contributed by atoms with Crippen LogP contribution in [0.15, 0.2) is 18.2 Å². The second-order valence-electron chi connectivity index (χ2n) is 7.26. The maximum Gasteiger partial charge on any atom is 0.258 e. The molecule has 3 rings (SSSR count). The number of aromatic amines is 1. The number of nitrogens with zero attached hydrogens (tertiary/aromatic N) is 3. The van der Waals surface area contributed by atoms with Crippen LogP contribution in [0, 0.1) is 0 Å². The zero-order valence-electron chi connectivity index (χ0n) is 17.4. The van der Waals surface area contributed by atoms with E-state index in [1.54, 1.807) is 25.3 Å². The number of hydrogen-bond acceptors (Lipinski definition) is 6. The Kier molecular flexibility index (Phi) is 7.72. The number of ether oxygens (including phenoxy) is 2. The van der Waals surface area contributed by atoms with E-state index in [1.165, 1.54) is 19.3 Å². The lowest BCUT2D eigenvalue weighted by Crippen LogP contribution is -2.30. The largest absolute Gasteiger partial charge is 0.493 e. The summed E-state index contributed by atoms with van der Waals surface area (Å²) >= 11 is 0. The van der Waals surface area contributed by atoms with E-state index in [2.05, 4.69) is 32.3 Å². The van der Waals surface area contributed by atoms with Crippen LogP contribution in [-0.4, -0.2) is 47.9 Å². The third-order valence-electron chi connectivity index (χ3n) is 5.03. The number of unbranched alkanes of at least 4 members (excludes halogenated alkanes) is 3. The van der Waals surface area contributed by atoms with Gasteiger partial charge in [-0.1, -0.05) is 26.2 Å². The number of aromatic nitrogens is 3. The van der Waals surface area contributed by atoms with E-state index >= 15 is 0 Å². The predicted molar refractivity (Wildman–Crippen MR) is 113 cm³/mol. The molecular formula is C21H31N5O3. The van der Waals surface area contributed by atoms with Gasteiger partial charge in [0.15, 0.2) is 11.5 Å². The molecule has 8 heteroatoms. The molecule has 158 valence electrons. The van der Waals surface area contributed by atoms with Gasteiger partial charge in [0.1, 0.15) is 0 Å². The first kappa shape index (κ1) is 21.0. The maximum absolute atomic E-state index is 12.6. The summed E-state index contributed by atoms with van der Waals surface area (Å²) in [4.78, 5) is 19.1. The van der Waals surface area contributed by atoms with Crippen molar-refractivity contribution in [2.45, 2.75) is 51.9 Å². The SMILES string of the molecule is CCCCCCOc1ccc(C(=O)Nc2nc(N3CCCCC3)n[nH]2)cc1OC. The molecule has 0 bridgehead atoms. The number of nitrogens with one attached hydrogen (secondary N) is 2. The maximum atomic E-state index is 12.6. The quantitative estimate of drug-likeness (QED) is 0.584. The first-order chi connectivity index (χ1) is 14.2. The number of amides is 1.